The number of amides is 3. The third-order valence-electron chi connectivity index (χ3n) is 7.24. The number of carbonyl (C=O) groups excluding carboxylic acids is 3. The molecule has 180 valence electrons. The van der Waals surface area contributed by atoms with E-state index in [9.17, 15) is 24.3 Å². The van der Waals surface area contributed by atoms with Gasteiger partial charge in [-0.25, -0.2) is 0 Å². The molecule has 11 heteroatoms. The molecule has 0 saturated carbocycles. The summed E-state index contributed by atoms with van der Waals surface area (Å²) in [4.78, 5) is 53.3. The molecule has 3 amide bonds. The molecule has 1 spiro atoms. The van der Waals surface area contributed by atoms with Gasteiger partial charge in [-0.2, -0.15) is 0 Å². The lowest BCUT2D eigenvalue weighted by Gasteiger charge is -2.29. The highest BCUT2D eigenvalue weighted by Gasteiger charge is 2.70. The van der Waals surface area contributed by atoms with Crippen LogP contribution < -0.4 is 20.1 Å². The molecule has 2 fully saturated rings. The number of ether oxygens (including phenoxy) is 2. The summed E-state index contributed by atoms with van der Waals surface area (Å²) >= 11 is 6.32. The van der Waals surface area contributed by atoms with E-state index in [1.807, 2.05) is 0 Å². The number of anilines is 1. The Morgan fingerprint density at radius 2 is 1.94 bits per heavy atom. The van der Waals surface area contributed by atoms with Crippen molar-refractivity contribution in [3.8, 4) is 11.5 Å². The zero-order valence-corrected chi connectivity index (χ0v) is 19.0. The fourth-order valence-electron chi connectivity index (χ4n) is 5.76. The van der Waals surface area contributed by atoms with Gasteiger partial charge in [0.25, 0.3) is 0 Å². The van der Waals surface area contributed by atoms with Crippen LogP contribution in [0.25, 0.3) is 0 Å². The first kappa shape index (κ1) is 21.9. The molecule has 4 aliphatic rings. The molecule has 4 heterocycles. The van der Waals surface area contributed by atoms with Crippen molar-refractivity contribution < 1.29 is 33.8 Å². The fourth-order valence-corrected chi connectivity index (χ4v) is 5.98. The van der Waals surface area contributed by atoms with Gasteiger partial charge in [-0.05, 0) is 30.2 Å². The number of halogens is 1. The Morgan fingerprint density at radius 3 is 2.74 bits per heavy atom. The number of para-hydroxylation sites is 1. The first-order valence-corrected chi connectivity index (χ1v) is 11.5. The predicted octanol–water partition coefficient (Wildman–Crippen LogP) is 1.85. The molecule has 0 radical (unpaired) electrons. The Balaban J connectivity index is 1.40. The van der Waals surface area contributed by atoms with Gasteiger partial charge in [0.2, 0.25) is 24.5 Å². The molecule has 0 bridgehead atoms. The summed E-state index contributed by atoms with van der Waals surface area (Å²) in [5, 5.41) is 15.5. The van der Waals surface area contributed by atoms with Crippen molar-refractivity contribution in [2.24, 2.45) is 11.8 Å². The summed E-state index contributed by atoms with van der Waals surface area (Å²) in [5.41, 5.74) is 0.0109. The summed E-state index contributed by atoms with van der Waals surface area (Å²) in [7, 11) is 0. The van der Waals surface area contributed by atoms with Crippen LogP contribution in [0.4, 0.5) is 5.69 Å². The number of nitrogens with one attached hydrogen (secondary N) is 2. The highest BCUT2D eigenvalue weighted by atomic mass is 35.5. The Labute approximate surface area is 204 Å². The van der Waals surface area contributed by atoms with E-state index < -0.39 is 47.1 Å². The van der Waals surface area contributed by atoms with E-state index >= 15 is 0 Å². The molecule has 0 aliphatic carbocycles. The van der Waals surface area contributed by atoms with Crippen molar-refractivity contribution in [3.05, 3.63) is 52.5 Å². The summed E-state index contributed by atoms with van der Waals surface area (Å²) in [6.45, 7) is 0.0914. The van der Waals surface area contributed by atoms with Crippen LogP contribution in [0.15, 0.2) is 36.4 Å². The van der Waals surface area contributed by atoms with Crippen molar-refractivity contribution in [2.75, 3.05) is 12.1 Å². The van der Waals surface area contributed by atoms with Gasteiger partial charge >= 0.3 is 5.97 Å². The fraction of sp³-hybridized carbons (Fsp3) is 0.333. The lowest BCUT2D eigenvalue weighted by Crippen LogP contribution is -2.53. The summed E-state index contributed by atoms with van der Waals surface area (Å²) < 4.78 is 10.7. The molecule has 2 unspecified atom stereocenters. The Kier molecular flexibility index (Phi) is 4.81. The van der Waals surface area contributed by atoms with Crippen LogP contribution in [0.1, 0.15) is 24.0 Å². The zero-order chi connectivity index (χ0) is 24.5. The van der Waals surface area contributed by atoms with E-state index in [0.717, 1.165) is 4.90 Å². The second kappa shape index (κ2) is 7.69. The average Bonchev–Trinajstić information content (AvgIpc) is 3.55. The lowest BCUT2D eigenvalue weighted by molar-refractivity contribution is -0.144. The molecule has 6 rings (SSSR count). The SMILES string of the molecule is O=C(O)CCC1NC2(C(=O)Nc3c(Cl)cccc32)[C@@H]2C(=O)N(Cc3ccc4c(c3)OCO4)C(=O)[C@H]12. The number of imide groups is 1. The number of benzene rings is 2. The van der Waals surface area contributed by atoms with Crippen molar-refractivity contribution in [1.29, 1.82) is 0 Å². The largest absolute Gasteiger partial charge is 0.481 e. The standard InChI is InChI=1S/C24H20ClN3O7/c25-13-3-1-2-12-20(13)26-23(33)24(12)19-18(14(27-24)5-7-17(29)30)21(31)28(22(19)32)9-11-4-6-15-16(8-11)35-10-34-15/h1-4,6,8,14,18-19,27H,5,7,9-10H2,(H,26,33)(H,29,30)/t14?,18-,19+,24?/m1/s1. The third-order valence-corrected chi connectivity index (χ3v) is 7.55. The van der Waals surface area contributed by atoms with Crippen molar-refractivity contribution in [3.63, 3.8) is 0 Å². The number of fused-ring (bicyclic) bond motifs is 5. The maximum atomic E-state index is 13.8. The molecule has 10 nitrogen and oxygen atoms in total. The molecule has 4 aliphatic heterocycles. The van der Waals surface area contributed by atoms with Gasteiger partial charge in [-0.15, -0.1) is 0 Å². The summed E-state index contributed by atoms with van der Waals surface area (Å²) in [6.07, 6.45) is -0.136. The number of nitrogens with zero attached hydrogens (tertiary/aromatic N) is 1. The number of hydrogen-bond donors (Lipinski definition) is 3. The minimum Gasteiger partial charge on any atom is -0.481 e. The Bertz CT molecular complexity index is 1310. The first-order chi connectivity index (χ1) is 16.8. The van der Waals surface area contributed by atoms with Crippen LogP contribution >= 0.6 is 11.6 Å². The normalized spacial score (nSPS) is 28.0. The Hall–Kier alpha value is -3.63. The molecule has 3 N–H and O–H groups in total. The number of likely N-dealkylation sites (tertiary alicyclic amines) is 1. The van der Waals surface area contributed by atoms with Crippen LogP contribution in [0.2, 0.25) is 5.02 Å². The summed E-state index contributed by atoms with van der Waals surface area (Å²) in [5.74, 6) is -3.28. The third kappa shape index (κ3) is 3.06. The van der Waals surface area contributed by atoms with Gasteiger partial charge in [0, 0.05) is 18.0 Å². The van der Waals surface area contributed by atoms with Crippen LogP contribution in [0.3, 0.4) is 0 Å². The van der Waals surface area contributed by atoms with Crippen molar-refractivity contribution in [2.45, 2.75) is 31.0 Å². The van der Waals surface area contributed by atoms with Gasteiger partial charge in [0.05, 0.1) is 29.1 Å². The molecule has 35 heavy (non-hydrogen) atoms. The smallest absolute Gasteiger partial charge is 0.303 e. The predicted molar refractivity (Wildman–Crippen MR) is 121 cm³/mol. The number of aliphatic carboxylic acids is 1. The van der Waals surface area contributed by atoms with Gasteiger partial charge in [0.15, 0.2) is 11.5 Å². The maximum absolute atomic E-state index is 13.8. The van der Waals surface area contributed by atoms with E-state index in [-0.39, 0.29) is 26.2 Å². The molecule has 2 saturated heterocycles. The molecule has 2 aromatic carbocycles. The van der Waals surface area contributed by atoms with Gasteiger partial charge in [0.1, 0.15) is 5.54 Å². The second-order valence-electron chi connectivity index (χ2n) is 9.06. The topological polar surface area (TPSA) is 134 Å². The van der Waals surface area contributed by atoms with Crippen LogP contribution in [0.5, 0.6) is 11.5 Å². The lowest BCUT2D eigenvalue weighted by atomic mass is 9.76. The number of hydrogen-bond acceptors (Lipinski definition) is 7. The zero-order valence-electron chi connectivity index (χ0n) is 18.2. The van der Waals surface area contributed by atoms with E-state index in [2.05, 4.69) is 10.6 Å². The van der Waals surface area contributed by atoms with Gasteiger partial charge in [-0.1, -0.05) is 29.8 Å². The van der Waals surface area contributed by atoms with E-state index in [1.54, 1.807) is 36.4 Å². The number of carboxylic acid groups (broad SMARTS) is 1. The summed E-state index contributed by atoms with van der Waals surface area (Å²) in [6, 6.07) is 9.48. The monoisotopic (exact) mass is 497 g/mol. The molecule has 4 atom stereocenters. The highest BCUT2D eigenvalue weighted by molar-refractivity contribution is 6.35. The first-order valence-electron chi connectivity index (χ1n) is 11.1. The minimum atomic E-state index is -1.52. The molecule has 0 aromatic heterocycles. The van der Waals surface area contributed by atoms with Crippen LogP contribution in [0, 0.1) is 11.8 Å². The molecular weight excluding hydrogens is 478 g/mol. The van der Waals surface area contributed by atoms with Crippen molar-refractivity contribution >= 4 is 41.0 Å². The van der Waals surface area contributed by atoms with Gasteiger partial charge in [-0.3, -0.25) is 29.4 Å². The highest BCUT2D eigenvalue weighted by Crippen LogP contribution is 2.54. The van der Waals surface area contributed by atoms with Crippen LogP contribution in [-0.4, -0.2) is 46.5 Å². The van der Waals surface area contributed by atoms with Gasteiger partial charge < -0.3 is 19.9 Å². The van der Waals surface area contributed by atoms with Crippen molar-refractivity contribution in [1.82, 2.24) is 10.2 Å². The van der Waals surface area contributed by atoms with E-state index in [1.165, 1.54) is 0 Å². The van der Waals surface area contributed by atoms with E-state index in [0.29, 0.717) is 33.3 Å². The Morgan fingerprint density at radius 1 is 1.14 bits per heavy atom. The maximum Gasteiger partial charge on any atom is 0.303 e. The second-order valence-corrected chi connectivity index (χ2v) is 9.47. The number of carboxylic acids is 1. The quantitative estimate of drug-likeness (QED) is 0.533. The average molecular weight is 498 g/mol. The molecule has 2 aromatic rings. The number of carbonyl (C=O) groups is 4. The molecular formula is C24H20ClN3O7. The number of rotatable bonds is 5. The van der Waals surface area contributed by atoms with E-state index in [4.69, 9.17) is 21.1 Å². The van der Waals surface area contributed by atoms with Crippen LogP contribution in [-0.2, 0) is 31.3 Å². The minimum absolute atomic E-state index is 0.00689.